The minimum atomic E-state index is -3.63. The van der Waals surface area contributed by atoms with Crippen molar-refractivity contribution >= 4 is 21.6 Å². The van der Waals surface area contributed by atoms with E-state index in [1.807, 2.05) is 50.2 Å². The van der Waals surface area contributed by atoms with E-state index < -0.39 is 16.1 Å². The van der Waals surface area contributed by atoms with E-state index in [-0.39, 0.29) is 5.91 Å². The zero-order valence-corrected chi connectivity index (χ0v) is 18.3. The Morgan fingerprint density at radius 1 is 1.10 bits per heavy atom. The van der Waals surface area contributed by atoms with Crippen LogP contribution in [0.4, 0.5) is 5.69 Å². The van der Waals surface area contributed by atoms with Gasteiger partial charge in [-0.15, -0.1) is 0 Å². The maximum atomic E-state index is 12.7. The van der Waals surface area contributed by atoms with E-state index in [0.29, 0.717) is 31.9 Å². The van der Waals surface area contributed by atoms with Crippen molar-refractivity contribution in [3.63, 3.8) is 0 Å². The van der Waals surface area contributed by atoms with Crippen LogP contribution in [0.1, 0.15) is 30.0 Å². The van der Waals surface area contributed by atoms with Crippen molar-refractivity contribution < 1.29 is 17.9 Å². The number of sulfonamides is 1. The molecule has 0 bridgehead atoms. The zero-order valence-electron chi connectivity index (χ0n) is 17.5. The molecule has 1 amide bonds. The van der Waals surface area contributed by atoms with Crippen molar-refractivity contribution in [1.29, 1.82) is 0 Å². The second-order valence-electron chi connectivity index (χ2n) is 7.08. The van der Waals surface area contributed by atoms with Gasteiger partial charge in [-0.25, -0.2) is 8.42 Å². The second kappa shape index (κ2) is 10.4. The van der Waals surface area contributed by atoms with Crippen LogP contribution in [0.2, 0.25) is 0 Å². The molecule has 2 aromatic rings. The molecule has 6 nitrogen and oxygen atoms in total. The average Bonchev–Trinajstić information content (AvgIpc) is 2.67. The third kappa shape index (κ3) is 6.58. The highest BCUT2D eigenvalue weighted by molar-refractivity contribution is 7.92. The topological polar surface area (TPSA) is 75.7 Å². The van der Waals surface area contributed by atoms with E-state index in [1.165, 1.54) is 4.31 Å². The van der Waals surface area contributed by atoms with Gasteiger partial charge in [-0.3, -0.25) is 9.10 Å². The summed E-state index contributed by atoms with van der Waals surface area (Å²) in [5.41, 5.74) is 3.59. The first-order valence-corrected chi connectivity index (χ1v) is 11.5. The van der Waals surface area contributed by atoms with Gasteiger partial charge < -0.3 is 10.1 Å². The van der Waals surface area contributed by atoms with Crippen LogP contribution >= 0.6 is 0 Å². The number of hydrogen-bond acceptors (Lipinski definition) is 4. The van der Waals surface area contributed by atoms with Gasteiger partial charge in [0.05, 0.1) is 25.2 Å². The number of benzene rings is 2. The molecule has 0 saturated heterocycles. The molecule has 0 aliphatic carbocycles. The van der Waals surface area contributed by atoms with E-state index >= 15 is 0 Å². The highest BCUT2D eigenvalue weighted by Crippen LogP contribution is 2.25. The Hall–Kier alpha value is -2.38. The number of rotatable bonds is 10. The molecule has 0 unspecified atom stereocenters. The SMILES string of the molecule is CC[C@H](C(=O)NCCOCc1ccccc1)N(c1ccc(C)c(C)c1)S(C)(=O)=O. The minimum absolute atomic E-state index is 0.312. The van der Waals surface area contributed by atoms with Crippen LogP contribution in [0, 0.1) is 13.8 Å². The molecule has 0 radical (unpaired) electrons. The number of hydrogen-bond donors (Lipinski definition) is 1. The molecule has 0 aromatic heterocycles. The van der Waals surface area contributed by atoms with Gasteiger partial charge >= 0.3 is 0 Å². The van der Waals surface area contributed by atoms with Crippen LogP contribution in [0.25, 0.3) is 0 Å². The molecule has 2 aromatic carbocycles. The van der Waals surface area contributed by atoms with Crippen LogP contribution in [-0.2, 0) is 26.2 Å². The molecule has 0 spiro atoms. The summed E-state index contributed by atoms with van der Waals surface area (Å²) < 4.78 is 31.8. The summed E-state index contributed by atoms with van der Waals surface area (Å²) in [4.78, 5) is 12.7. The maximum Gasteiger partial charge on any atom is 0.243 e. The predicted molar refractivity (Wildman–Crippen MR) is 116 cm³/mol. The first-order chi connectivity index (χ1) is 13.7. The second-order valence-corrected chi connectivity index (χ2v) is 8.94. The van der Waals surface area contributed by atoms with E-state index in [2.05, 4.69) is 5.32 Å². The van der Waals surface area contributed by atoms with Crippen molar-refractivity contribution in [1.82, 2.24) is 5.32 Å². The quantitative estimate of drug-likeness (QED) is 0.601. The van der Waals surface area contributed by atoms with Crippen molar-refractivity contribution in [2.24, 2.45) is 0 Å². The lowest BCUT2D eigenvalue weighted by molar-refractivity contribution is -0.122. The highest BCUT2D eigenvalue weighted by Gasteiger charge is 2.31. The van der Waals surface area contributed by atoms with Crippen LogP contribution in [0.3, 0.4) is 0 Å². The van der Waals surface area contributed by atoms with E-state index in [9.17, 15) is 13.2 Å². The number of carbonyl (C=O) groups excluding carboxylic acids is 1. The fourth-order valence-electron chi connectivity index (χ4n) is 3.05. The molecule has 0 saturated carbocycles. The fraction of sp³-hybridized carbons (Fsp3) is 0.409. The summed E-state index contributed by atoms with van der Waals surface area (Å²) in [5, 5.41) is 2.80. The number of nitrogens with one attached hydrogen (secondary N) is 1. The average molecular weight is 419 g/mol. The largest absolute Gasteiger partial charge is 0.375 e. The van der Waals surface area contributed by atoms with Crippen LogP contribution in [0.5, 0.6) is 0 Å². The Morgan fingerprint density at radius 2 is 1.79 bits per heavy atom. The predicted octanol–water partition coefficient (Wildman–Crippen LogP) is 3.18. The van der Waals surface area contributed by atoms with Crippen LogP contribution in [-0.4, -0.2) is 39.8 Å². The number of ether oxygens (including phenoxy) is 1. The number of aryl methyl sites for hydroxylation is 2. The van der Waals surface area contributed by atoms with Crippen molar-refractivity contribution in [3.05, 3.63) is 65.2 Å². The van der Waals surface area contributed by atoms with Gasteiger partial charge in [0.25, 0.3) is 0 Å². The Balaban J connectivity index is 2.01. The van der Waals surface area contributed by atoms with E-state index in [1.54, 1.807) is 19.1 Å². The summed E-state index contributed by atoms with van der Waals surface area (Å²) >= 11 is 0. The highest BCUT2D eigenvalue weighted by atomic mass is 32.2. The molecule has 1 N–H and O–H groups in total. The number of carbonyl (C=O) groups is 1. The molecule has 2 rings (SSSR count). The molecular weight excluding hydrogens is 388 g/mol. The lowest BCUT2D eigenvalue weighted by Crippen LogP contribution is -2.49. The summed E-state index contributed by atoms with van der Waals surface area (Å²) in [7, 11) is -3.63. The standard InChI is InChI=1S/C22H30N2O4S/c1-5-21(22(25)23-13-14-28-16-19-9-7-6-8-10-19)24(29(4,26)27)20-12-11-17(2)18(3)15-20/h6-12,15,21H,5,13-14,16H2,1-4H3,(H,23,25)/t21-/m1/s1. The van der Waals surface area contributed by atoms with Gasteiger partial charge in [0, 0.05) is 6.54 Å². The summed E-state index contributed by atoms with van der Waals surface area (Å²) in [5.74, 6) is -0.334. The van der Waals surface area contributed by atoms with Gasteiger partial charge in [0.2, 0.25) is 15.9 Å². The molecule has 0 aliphatic heterocycles. The molecule has 0 fully saturated rings. The van der Waals surface area contributed by atoms with Gasteiger partial charge in [0.1, 0.15) is 6.04 Å². The maximum absolute atomic E-state index is 12.7. The third-order valence-electron chi connectivity index (χ3n) is 4.73. The van der Waals surface area contributed by atoms with Crippen molar-refractivity contribution in [2.45, 2.75) is 39.8 Å². The molecule has 0 heterocycles. The molecule has 0 aliphatic rings. The normalized spacial score (nSPS) is 12.4. The Bertz CT molecular complexity index is 914. The molecule has 1 atom stereocenters. The third-order valence-corrected chi connectivity index (χ3v) is 5.91. The molecule has 7 heteroatoms. The Morgan fingerprint density at radius 3 is 2.38 bits per heavy atom. The van der Waals surface area contributed by atoms with Gasteiger partial charge in [-0.2, -0.15) is 0 Å². The lowest BCUT2D eigenvalue weighted by Gasteiger charge is -2.30. The smallest absolute Gasteiger partial charge is 0.243 e. The zero-order chi connectivity index (χ0) is 21.4. The molecule has 158 valence electrons. The van der Waals surface area contributed by atoms with Crippen molar-refractivity contribution in [3.8, 4) is 0 Å². The van der Waals surface area contributed by atoms with E-state index in [0.717, 1.165) is 22.9 Å². The lowest BCUT2D eigenvalue weighted by atomic mass is 10.1. The van der Waals surface area contributed by atoms with Gasteiger partial charge in [-0.05, 0) is 49.1 Å². The first-order valence-electron chi connectivity index (χ1n) is 9.70. The number of amides is 1. The van der Waals surface area contributed by atoms with Gasteiger partial charge in [0.15, 0.2) is 0 Å². The van der Waals surface area contributed by atoms with E-state index in [4.69, 9.17) is 4.74 Å². The van der Waals surface area contributed by atoms with Gasteiger partial charge in [-0.1, -0.05) is 43.3 Å². The number of nitrogens with zero attached hydrogens (tertiary/aromatic N) is 1. The van der Waals surface area contributed by atoms with Crippen molar-refractivity contribution in [2.75, 3.05) is 23.7 Å². The summed E-state index contributed by atoms with van der Waals surface area (Å²) in [6.45, 7) is 6.81. The summed E-state index contributed by atoms with van der Waals surface area (Å²) in [6, 6.07) is 14.4. The van der Waals surface area contributed by atoms with Crippen LogP contribution in [0.15, 0.2) is 48.5 Å². The summed E-state index contributed by atoms with van der Waals surface area (Å²) in [6.07, 6.45) is 1.48. The first kappa shape index (κ1) is 22.9. The fourth-order valence-corrected chi connectivity index (χ4v) is 4.26. The minimum Gasteiger partial charge on any atom is -0.375 e. The molecular formula is C22H30N2O4S. The Labute approximate surface area is 173 Å². The van der Waals surface area contributed by atoms with Crippen LogP contribution < -0.4 is 9.62 Å². The number of anilines is 1. The molecule has 29 heavy (non-hydrogen) atoms. The monoisotopic (exact) mass is 418 g/mol. The Kier molecular flexibility index (Phi) is 8.22.